The highest BCUT2D eigenvalue weighted by Crippen LogP contribution is 2.49. The van der Waals surface area contributed by atoms with Crippen LogP contribution in [0.3, 0.4) is 0 Å². The summed E-state index contributed by atoms with van der Waals surface area (Å²) in [7, 11) is 1.32. The Labute approximate surface area is 135 Å². The molecule has 21 heavy (non-hydrogen) atoms. The Morgan fingerprint density at radius 1 is 1.48 bits per heavy atom. The number of ketones is 1. The van der Waals surface area contributed by atoms with Crippen molar-refractivity contribution in [1.82, 2.24) is 0 Å². The Kier molecular flexibility index (Phi) is 4.65. The van der Waals surface area contributed by atoms with E-state index >= 15 is 0 Å². The predicted molar refractivity (Wildman–Crippen MR) is 84.5 cm³/mol. The van der Waals surface area contributed by atoms with Gasteiger partial charge in [-0.25, -0.2) is 4.79 Å². The maximum atomic E-state index is 12.9. The van der Waals surface area contributed by atoms with E-state index in [0.29, 0.717) is 0 Å². The van der Waals surface area contributed by atoms with Gasteiger partial charge in [0.05, 0.1) is 12.1 Å². The molecular formula is C13H13ClO5S2. The van der Waals surface area contributed by atoms with Gasteiger partial charge in [0.15, 0.2) is 15.6 Å². The molecule has 0 aromatic heterocycles. The van der Waals surface area contributed by atoms with Crippen molar-refractivity contribution in [2.75, 3.05) is 26.2 Å². The van der Waals surface area contributed by atoms with Crippen LogP contribution in [0.15, 0.2) is 6.07 Å². The number of fused-ring (bicyclic) bond motifs is 1. The smallest absolute Gasteiger partial charge is 0.339 e. The van der Waals surface area contributed by atoms with Crippen LogP contribution in [0.4, 0.5) is 0 Å². The molecule has 114 valence electrons. The van der Waals surface area contributed by atoms with Crippen molar-refractivity contribution in [3.8, 4) is 11.5 Å². The number of carbonyl (C=O) groups is 2. The minimum atomic E-state index is -1.21. The zero-order valence-electron chi connectivity index (χ0n) is 11.6. The number of thioether (sulfide) groups is 2. The summed E-state index contributed by atoms with van der Waals surface area (Å²) in [4.78, 5) is 24.2. The number of carboxylic acid groups (broad SMARTS) is 1. The number of hydrogen-bond donors (Lipinski definition) is 1. The van der Waals surface area contributed by atoms with Crippen molar-refractivity contribution in [3.05, 3.63) is 22.2 Å². The van der Waals surface area contributed by atoms with E-state index in [-0.39, 0.29) is 40.0 Å². The third-order valence-corrected chi connectivity index (χ3v) is 6.47. The molecule has 8 heteroatoms. The van der Waals surface area contributed by atoms with E-state index in [9.17, 15) is 14.7 Å². The lowest BCUT2D eigenvalue weighted by Gasteiger charge is -2.34. The lowest BCUT2D eigenvalue weighted by atomic mass is 9.99. The molecular weight excluding hydrogens is 336 g/mol. The van der Waals surface area contributed by atoms with Crippen LogP contribution in [0.5, 0.6) is 11.5 Å². The lowest BCUT2D eigenvalue weighted by molar-refractivity contribution is 0.0693. The van der Waals surface area contributed by atoms with Gasteiger partial charge in [0, 0.05) is 0 Å². The first-order chi connectivity index (χ1) is 9.91. The molecule has 0 unspecified atom stereocenters. The molecule has 0 bridgehead atoms. The molecule has 1 aromatic rings. The SMILES string of the molecule is COc1c(C(=O)O)cc(Cl)c2c1C(=O)C(SC)(SC)CO2. The molecule has 5 nitrogen and oxygen atoms in total. The summed E-state index contributed by atoms with van der Waals surface area (Å²) in [6, 6.07) is 1.24. The first kappa shape index (κ1) is 16.3. The molecule has 1 N–H and O–H groups in total. The van der Waals surface area contributed by atoms with Gasteiger partial charge in [0.1, 0.15) is 23.5 Å². The molecule has 0 fully saturated rings. The largest absolute Gasteiger partial charge is 0.495 e. The van der Waals surface area contributed by atoms with E-state index in [1.165, 1.54) is 36.7 Å². The number of ether oxygens (including phenoxy) is 2. The van der Waals surface area contributed by atoms with Gasteiger partial charge in [-0.05, 0) is 18.6 Å². The maximum Gasteiger partial charge on any atom is 0.339 e. The minimum Gasteiger partial charge on any atom is -0.495 e. The number of aromatic carboxylic acids is 1. The van der Waals surface area contributed by atoms with Crippen LogP contribution in [0.25, 0.3) is 0 Å². The zero-order chi connectivity index (χ0) is 15.8. The summed E-state index contributed by atoms with van der Waals surface area (Å²) < 4.78 is 9.95. The van der Waals surface area contributed by atoms with Crippen LogP contribution in [0.1, 0.15) is 20.7 Å². The normalized spacial score (nSPS) is 16.1. The molecule has 1 aliphatic rings. The molecule has 0 amide bonds. The number of methoxy groups -OCH3 is 1. The Balaban J connectivity index is 2.75. The fraction of sp³-hybridized carbons (Fsp3) is 0.385. The summed E-state index contributed by atoms with van der Waals surface area (Å²) in [6.45, 7) is 0.163. The standard InChI is InChI=1S/C13H13ClO5S2/c1-18-9-6(12(16)17)4-7(14)10-8(9)11(15)13(20-2,21-3)5-19-10/h4H,5H2,1-3H3,(H,16,17). The molecule has 0 saturated carbocycles. The third-order valence-electron chi connectivity index (χ3n) is 3.26. The van der Waals surface area contributed by atoms with Crippen molar-refractivity contribution >= 4 is 46.9 Å². The number of hydrogen-bond acceptors (Lipinski definition) is 6. The van der Waals surface area contributed by atoms with Gasteiger partial charge in [0.25, 0.3) is 0 Å². The summed E-state index contributed by atoms with van der Waals surface area (Å²) in [5, 5.41) is 9.34. The van der Waals surface area contributed by atoms with Crippen molar-refractivity contribution in [3.63, 3.8) is 0 Å². The zero-order valence-corrected chi connectivity index (χ0v) is 13.9. The summed E-state index contributed by atoms with van der Waals surface area (Å²) >= 11 is 8.75. The summed E-state index contributed by atoms with van der Waals surface area (Å²) in [5.74, 6) is -1.29. The highest BCUT2D eigenvalue weighted by Gasteiger charge is 2.46. The minimum absolute atomic E-state index is 0.0147. The van der Waals surface area contributed by atoms with E-state index in [1.807, 2.05) is 0 Å². The number of halogens is 1. The molecule has 0 atom stereocenters. The molecule has 0 radical (unpaired) electrons. The van der Waals surface area contributed by atoms with Crippen molar-refractivity contribution < 1.29 is 24.2 Å². The van der Waals surface area contributed by atoms with Gasteiger partial charge in [0.2, 0.25) is 0 Å². The van der Waals surface area contributed by atoms with Gasteiger partial charge >= 0.3 is 5.97 Å². The van der Waals surface area contributed by atoms with Crippen molar-refractivity contribution in [2.45, 2.75) is 4.08 Å². The highest BCUT2D eigenvalue weighted by molar-refractivity contribution is 8.18. The lowest BCUT2D eigenvalue weighted by Crippen LogP contribution is -2.42. The van der Waals surface area contributed by atoms with E-state index in [0.717, 1.165) is 0 Å². The van der Waals surface area contributed by atoms with E-state index in [4.69, 9.17) is 21.1 Å². The maximum absolute atomic E-state index is 12.9. The average Bonchev–Trinajstić information content (AvgIpc) is 2.48. The molecule has 1 aliphatic heterocycles. The van der Waals surface area contributed by atoms with Crippen LogP contribution in [0.2, 0.25) is 5.02 Å². The van der Waals surface area contributed by atoms with Crippen LogP contribution < -0.4 is 9.47 Å². The molecule has 0 aliphatic carbocycles. The van der Waals surface area contributed by atoms with E-state index < -0.39 is 10.0 Å². The second kappa shape index (κ2) is 5.98. The number of carboxylic acids is 1. The third kappa shape index (κ3) is 2.47. The molecule has 0 saturated heterocycles. The Hall–Kier alpha value is -1.05. The van der Waals surface area contributed by atoms with Gasteiger partial charge in [-0.15, -0.1) is 23.5 Å². The van der Waals surface area contributed by atoms with Gasteiger partial charge in [-0.3, -0.25) is 4.79 Å². The quantitative estimate of drug-likeness (QED) is 0.838. The van der Waals surface area contributed by atoms with Gasteiger partial charge in [-0.1, -0.05) is 11.6 Å². The summed E-state index contributed by atoms with van der Waals surface area (Å²) in [5.41, 5.74) is -0.0615. The number of benzene rings is 1. The van der Waals surface area contributed by atoms with Crippen LogP contribution in [0, 0.1) is 0 Å². The van der Waals surface area contributed by atoms with E-state index in [1.54, 1.807) is 12.5 Å². The topological polar surface area (TPSA) is 72.8 Å². The van der Waals surface area contributed by atoms with Crippen LogP contribution in [-0.2, 0) is 0 Å². The number of Topliss-reactive ketones (excluding diaryl/α,β-unsaturated/α-hetero) is 1. The Bertz CT molecular complexity index is 613. The van der Waals surface area contributed by atoms with Crippen LogP contribution >= 0.6 is 35.1 Å². The first-order valence-electron chi connectivity index (χ1n) is 5.83. The molecule has 1 aromatic carbocycles. The monoisotopic (exact) mass is 348 g/mol. The highest BCUT2D eigenvalue weighted by atomic mass is 35.5. The van der Waals surface area contributed by atoms with Crippen LogP contribution in [-0.4, -0.2) is 47.2 Å². The second-order valence-corrected chi connectivity index (χ2v) is 7.10. The molecule has 1 heterocycles. The Morgan fingerprint density at radius 3 is 2.57 bits per heavy atom. The fourth-order valence-corrected chi connectivity index (χ4v) is 4.00. The average molecular weight is 349 g/mol. The fourth-order valence-electron chi connectivity index (χ4n) is 2.14. The predicted octanol–water partition coefficient (Wildman–Crippen LogP) is 3.04. The Morgan fingerprint density at radius 2 is 2.10 bits per heavy atom. The van der Waals surface area contributed by atoms with Gasteiger partial charge < -0.3 is 14.6 Å². The van der Waals surface area contributed by atoms with E-state index in [2.05, 4.69) is 0 Å². The van der Waals surface area contributed by atoms with Crippen molar-refractivity contribution in [1.29, 1.82) is 0 Å². The van der Waals surface area contributed by atoms with Crippen molar-refractivity contribution in [2.24, 2.45) is 0 Å². The summed E-state index contributed by atoms with van der Waals surface area (Å²) in [6.07, 6.45) is 3.61. The molecule has 2 rings (SSSR count). The second-order valence-electron chi connectivity index (χ2n) is 4.23. The molecule has 0 spiro atoms. The van der Waals surface area contributed by atoms with Gasteiger partial charge in [-0.2, -0.15) is 0 Å². The first-order valence-corrected chi connectivity index (χ1v) is 8.66. The number of carbonyl (C=O) groups excluding carboxylic acids is 1. The number of rotatable bonds is 4.